The van der Waals surface area contributed by atoms with Gasteiger partial charge in [0.15, 0.2) is 0 Å². The van der Waals surface area contributed by atoms with Gasteiger partial charge < -0.3 is 20.7 Å². The molecule has 0 spiro atoms. The molecule has 2 atom stereocenters. The summed E-state index contributed by atoms with van der Waals surface area (Å²) in [4.78, 5) is 16.5. The largest absolute Gasteiger partial charge is 0.393 e. The van der Waals surface area contributed by atoms with Gasteiger partial charge in [-0.2, -0.15) is 10.2 Å². The molecule has 0 saturated heterocycles. The maximum Gasteiger partial charge on any atom is 0.224 e. The van der Waals surface area contributed by atoms with Gasteiger partial charge in [-0.05, 0) is 48.8 Å². The number of anilines is 2. The normalized spacial score (nSPS) is 20.6. The van der Waals surface area contributed by atoms with Crippen molar-refractivity contribution in [3.8, 4) is 6.07 Å². The van der Waals surface area contributed by atoms with Crippen molar-refractivity contribution in [2.75, 3.05) is 17.2 Å². The third kappa shape index (κ3) is 4.21. The molecule has 0 bridgehead atoms. The summed E-state index contributed by atoms with van der Waals surface area (Å²) in [5, 5.41) is 26.3. The van der Waals surface area contributed by atoms with Gasteiger partial charge in [0.05, 0.1) is 23.3 Å². The minimum absolute atomic E-state index is 0.162. The number of aliphatic hydroxyl groups is 1. The Labute approximate surface area is 175 Å². The fourth-order valence-electron chi connectivity index (χ4n) is 4.11. The first kappa shape index (κ1) is 20.1. The molecule has 1 fully saturated rings. The molecule has 0 radical (unpaired) electrons. The van der Waals surface area contributed by atoms with Crippen LogP contribution < -0.4 is 10.6 Å². The fourth-order valence-corrected chi connectivity index (χ4v) is 4.11. The van der Waals surface area contributed by atoms with Crippen molar-refractivity contribution in [3.05, 3.63) is 41.9 Å². The van der Waals surface area contributed by atoms with E-state index in [4.69, 9.17) is 0 Å². The predicted octanol–water partition coefficient (Wildman–Crippen LogP) is 3.23. The molecule has 156 valence electrons. The number of pyridine rings is 1. The number of rotatable bonds is 6. The van der Waals surface area contributed by atoms with Crippen molar-refractivity contribution in [1.29, 1.82) is 5.26 Å². The Morgan fingerprint density at radius 3 is 3.00 bits per heavy atom. The van der Waals surface area contributed by atoms with Gasteiger partial charge in [0.1, 0.15) is 17.5 Å². The zero-order valence-electron chi connectivity index (χ0n) is 17.3. The molecule has 3 aromatic rings. The molecule has 8 heteroatoms. The average molecular weight is 406 g/mol. The number of hydrogen-bond acceptors (Lipinski definition) is 7. The van der Waals surface area contributed by atoms with Crippen LogP contribution in [0.25, 0.3) is 11.0 Å². The van der Waals surface area contributed by atoms with E-state index in [2.05, 4.69) is 50.5 Å². The number of hydrogen-bond donors (Lipinski definition) is 4. The molecular formula is C22H27N7O. The van der Waals surface area contributed by atoms with E-state index in [1.54, 1.807) is 12.4 Å². The number of aromatic amines is 1. The van der Waals surface area contributed by atoms with Gasteiger partial charge in [-0.3, -0.25) is 4.98 Å². The molecule has 1 aliphatic carbocycles. The van der Waals surface area contributed by atoms with E-state index in [0.717, 1.165) is 42.3 Å². The molecule has 0 aromatic carbocycles. The molecule has 3 heterocycles. The van der Waals surface area contributed by atoms with Crippen LogP contribution in [0.2, 0.25) is 0 Å². The molecule has 4 rings (SSSR count). The highest BCUT2D eigenvalue weighted by Gasteiger charge is 2.35. The van der Waals surface area contributed by atoms with Crippen LogP contribution in [-0.2, 0) is 6.42 Å². The zero-order valence-corrected chi connectivity index (χ0v) is 17.3. The molecule has 0 aliphatic heterocycles. The quantitative estimate of drug-likeness (QED) is 0.496. The minimum Gasteiger partial charge on any atom is -0.393 e. The second-order valence-corrected chi connectivity index (χ2v) is 8.59. The lowest BCUT2D eigenvalue weighted by molar-refractivity contribution is 0.00926. The van der Waals surface area contributed by atoms with Crippen LogP contribution in [0.4, 0.5) is 11.8 Å². The molecule has 3 aromatic heterocycles. The van der Waals surface area contributed by atoms with Crippen LogP contribution in [0.5, 0.6) is 0 Å². The Balaban J connectivity index is 1.42. The van der Waals surface area contributed by atoms with Crippen molar-refractivity contribution in [2.24, 2.45) is 5.41 Å². The smallest absolute Gasteiger partial charge is 0.224 e. The van der Waals surface area contributed by atoms with Crippen LogP contribution in [0.15, 0.2) is 30.7 Å². The highest BCUT2D eigenvalue weighted by molar-refractivity contribution is 5.78. The molecule has 30 heavy (non-hydrogen) atoms. The number of fused-ring (bicyclic) bond motifs is 1. The number of nitriles is 1. The Morgan fingerprint density at radius 2 is 2.20 bits per heavy atom. The molecular weight excluding hydrogens is 378 g/mol. The molecule has 1 aliphatic rings. The van der Waals surface area contributed by atoms with Gasteiger partial charge in [-0.25, -0.2) is 4.98 Å². The highest BCUT2D eigenvalue weighted by Crippen LogP contribution is 2.36. The average Bonchev–Trinajstić information content (AvgIpc) is 3.14. The van der Waals surface area contributed by atoms with Crippen LogP contribution in [-0.4, -0.2) is 43.7 Å². The van der Waals surface area contributed by atoms with Gasteiger partial charge in [0, 0.05) is 25.0 Å². The summed E-state index contributed by atoms with van der Waals surface area (Å²) in [5.41, 5.74) is 3.39. The van der Waals surface area contributed by atoms with Crippen LogP contribution in [0, 0.1) is 16.7 Å². The zero-order chi connectivity index (χ0) is 21.1. The molecule has 8 nitrogen and oxygen atoms in total. The summed E-state index contributed by atoms with van der Waals surface area (Å²) in [6, 6.07) is 6.24. The van der Waals surface area contributed by atoms with Crippen LogP contribution >= 0.6 is 0 Å². The van der Waals surface area contributed by atoms with Crippen molar-refractivity contribution in [2.45, 2.75) is 51.7 Å². The molecule has 4 N–H and O–H groups in total. The van der Waals surface area contributed by atoms with Gasteiger partial charge in [0.25, 0.3) is 0 Å². The third-order valence-electron chi connectivity index (χ3n) is 5.90. The Bertz CT molecular complexity index is 1070. The van der Waals surface area contributed by atoms with Gasteiger partial charge >= 0.3 is 0 Å². The monoisotopic (exact) mass is 405 g/mol. The Kier molecular flexibility index (Phi) is 5.55. The predicted molar refractivity (Wildman–Crippen MR) is 116 cm³/mol. The van der Waals surface area contributed by atoms with Gasteiger partial charge in [-0.1, -0.05) is 13.8 Å². The molecule has 0 amide bonds. The summed E-state index contributed by atoms with van der Waals surface area (Å²) in [6.07, 6.45) is 8.20. The maximum absolute atomic E-state index is 10.2. The summed E-state index contributed by atoms with van der Waals surface area (Å²) in [5.74, 6) is 1.03. The number of nitrogens with zero attached hydrogens (tertiary/aromatic N) is 4. The minimum atomic E-state index is -0.299. The first-order valence-corrected chi connectivity index (χ1v) is 10.3. The summed E-state index contributed by atoms with van der Waals surface area (Å²) in [7, 11) is 0. The standard InChI is InChI=1S/C22H27N7O/c1-22(2)10-16(5-6-18(22)30)28-20-15(11-23)13-27-21(29-20)25-9-7-14-12-26-17-4-3-8-24-19(14)17/h3-4,8,12-13,16,18,26,30H,5-7,9-10H2,1-2H3,(H2,25,27,28,29)/t16-,18+/m1/s1. The SMILES string of the molecule is CC1(C)C[C@H](Nc2nc(NCCc3c[nH]c4cccnc34)ncc2C#N)CC[C@@H]1O. The Hall–Kier alpha value is -3.18. The van der Waals surface area contributed by atoms with E-state index in [-0.39, 0.29) is 17.6 Å². The second kappa shape index (κ2) is 8.28. The molecule has 1 saturated carbocycles. The summed E-state index contributed by atoms with van der Waals surface area (Å²) in [6.45, 7) is 4.80. The Morgan fingerprint density at radius 1 is 1.33 bits per heavy atom. The van der Waals surface area contributed by atoms with E-state index in [0.29, 0.717) is 23.9 Å². The van der Waals surface area contributed by atoms with Crippen LogP contribution in [0.1, 0.15) is 44.2 Å². The number of nitrogens with one attached hydrogen (secondary N) is 3. The molecule has 0 unspecified atom stereocenters. The van der Waals surface area contributed by atoms with E-state index in [1.807, 2.05) is 18.3 Å². The van der Waals surface area contributed by atoms with Crippen LogP contribution in [0.3, 0.4) is 0 Å². The lowest BCUT2D eigenvalue weighted by Gasteiger charge is -2.40. The topological polar surface area (TPSA) is 123 Å². The van der Waals surface area contributed by atoms with Gasteiger partial charge in [0.2, 0.25) is 5.95 Å². The van der Waals surface area contributed by atoms with Crippen molar-refractivity contribution in [1.82, 2.24) is 19.9 Å². The third-order valence-corrected chi connectivity index (χ3v) is 5.90. The lowest BCUT2D eigenvalue weighted by Crippen LogP contribution is -2.41. The van der Waals surface area contributed by atoms with E-state index < -0.39 is 0 Å². The lowest BCUT2D eigenvalue weighted by atomic mass is 9.73. The van der Waals surface area contributed by atoms with Crippen molar-refractivity contribution < 1.29 is 5.11 Å². The number of aliphatic hydroxyl groups excluding tert-OH is 1. The van der Waals surface area contributed by atoms with Crippen molar-refractivity contribution in [3.63, 3.8) is 0 Å². The van der Waals surface area contributed by atoms with E-state index in [1.165, 1.54) is 0 Å². The summed E-state index contributed by atoms with van der Waals surface area (Å²) >= 11 is 0. The number of aromatic nitrogens is 4. The van der Waals surface area contributed by atoms with Gasteiger partial charge in [-0.15, -0.1) is 0 Å². The highest BCUT2D eigenvalue weighted by atomic mass is 16.3. The number of H-pyrrole nitrogens is 1. The van der Waals surface area contributed by atoms with Crippen molar-refractivity contribution >= 4 is 22.8 Å². The van der Waals surface area contributed by atoms with E-state index >= 15 is 0 Å². The summed E-state index contributed by atoms with van der Waals surface area (Å²) < 4.78 is 0. The van der Waals surface area contributed by atoms with E-state index in [9.17, 15) is 10.4 Å². The fraction of sp³-hybridized carbons (Fsp3) is 0.455. The maximum atomic E-state index is 10.2. The second-order valence-electron chi connectivity index (χ2n) is 8.59. The first-order chi connectivity index (χ1) is 14.5. The first-order valence-electron chi connectivity index (χ1n) is 10.3.